The standard InChI is InChI=1S/C14H14N4O2S2/c1-9-5-12-13(17-8-18-14(12)21-9)16-7-10-3-2-4-11(6-10)22(15,19)20/h2-6,8H,7H2,1H3,(H2,15,19,20)(H,16,17,18). The van der Waals surface area contributed by atoms with Gasteiger partial charge in [-0.2, -0.15) is 0 Å². The summed E-state index contributed by atoms with van der Waals surface area (Å²) in [7, 11) is -3.69. The number of hydrogen-bond donors (Lipinski definition) is 2. The molecular formula is C14H14N4O2S2. The summed E-state index contributed by atoms with van der Waals surface area (Å²) in [5, 5.41) is 9.32. The van der Waals surface area contributed by atoms with Crippen molar-refractivity contribution in [3.05, 3.63) is 47.1 Å². The minimum Gasteiger partial charge on any atom is -0.365 e. The van der Waals surface area contributed by atoms with Gasteiger partial charge in [0.2, 0.25) is 10.0 Å². The third kappa shape index (κ3) is 3.08. The molecule has 0 spiro atoms. The van der Waals surface area contributed by atoms with Crippen LogP contribution in [0.1, 0.15) is 10.4 Å². The Morgan fingerprint density at radius 1 is 1.27 bits per heavy atom. The second kappa shape index (κ2) is 5.64. The van der Waals surface area contributed by atoms with Gasteiger partial charge in [0, 0.05) is 11.4 Å². The van der Waals surface area contributed by atoms with Gasteiger partial charge in [-0.25, -0.2) is 23.5 Å². The predicted octanol–water partition coefficient (Wildman–Crippen LogP) is 2.26. The fraction of sp³-hybridized carbons (Fsp3) is 0.143. The molecule has 0 radical (unpaired) electrons. The number of nitrogens with zero attached hydrogens (tertiary/aromatic N) is 2. The molecule has 3 N–H and O–H groups in total. The first-order valence-corrected chi connectivity index (χ1v) is 8.86. The Kier molecular flexibility index (Phi) is 3.81. The van der Waals surface area contributed by atoms with Gasteiger partial charge in [-0.1, -0.05) is 12.1 Å². The average molecular weight is 334 g/mol. The molecule has 0 aliphatic rings. The number of sulfonamides is 1. The highest BCUT2D eigenvalue weighted by atomic mass is 32.2. The number of nitrogens with one attached hydrogen (secondary N) is 1. The van der Waals surface area contributed by atoms with E-state index in [2.05, 4.69) is 15.3 Å². The van der Waals surface area contributed by atoms with Crippen LogP contribution in [-0.4, -0.2) is 18.4 Å². The van der Waals surface area contributed by atoms with Gasteiger partial charge in [-0.15, -0.1) is 11.3 Å². The van der Waals surface area contributed by atoms with E-state index in [0.717, 1.165) is 26.5 Å². The summed E-state index contributed by atoms with van der Waals surface area (Å²) in [6.07, 6.45) is 1.52. The van der Waals surface area contributed by atoms with Gasteiger partial charge in [0.1, 0.15) is 17.0 Å². The molecule has 0 unspecified atom stereocenters. The van der Waals surface area contributed by atoms with Crippen LogP contribution in [0.25, 0.3) is 10.2 Å². The highest BCUT2D eigenvalue weighted by molar-refractivity contribution is 7.89. The van der Waals surface area contributed by atoms with Crippen LogP contribution in [0.5, 0.6) is 0 Å². The van der Waals surface area contributed by atoms with E-state index in [1.165, 1.54) is 12.4 Å². The molecule has 22 heavy (non-hydrogen) atoms. The lowest BCUT2D eigenvalue weighted by Crippen LogP contribution is -2.12. The SMILES string of the molecule is Cc1cc2c(NCc3cccc(S(N)(=O)=O)c3)ncnc2s1. The summed E-state index contributed by atoms with van der Waals surface area (Å²) in [4.78, 5) is 10.7. The number of hydrogen-bond acceptors (Lipinski definition) is 6. The van der Waals surface area contributed by atoms with Crippen molar-refractivity contribution in [2.24, 2.45) is 5.14 Å². The lowest BCUT2D eigenvalue weighted by molar-refractivity contribution is 0.597. The minimum atomic E-state index is -3.69. The fourth-order valence-corrected chi connectivity index (χ4v) is 3.57. The zero-order valence-corrected chi connectivity index (χ0v) is 13.4. The topological polar surface area (TPSA) is 98.0 Å². The third-order valence-corrected chi connectivity index (χ3v) is 5.01. The molecule has 0 aliphatic carbocycles. The third-order valence-electron chi connectivity index (χ3n) is 3.14. The molecule has 0 fully saturated rings. The zero-order valence-electron chi connectivity index (χ0n) is 11.8. The van der Waals surface area contributed by atoms with Crippen molar-refractivity contribution in [3.8, 4) is 0 Å². The van der Waals surface area contributed by atoms with E-state index in [1.54, 1.807) is 23.5 Å². The first kappa shape index (κ1) is 14.9. The lowest BCUT2D eigenvalue weighted by atomic mass is 10.2. The monoisotopic (exact) mass is 334 g/mol. The summed E-state index contributed by atoms with van der Waals surface area (Å²) >= 11 is 1.61. The molecule has 0 saturated carbocycles. The van der Waals surface area contributed by atoms with Gasteiger partial charge < -0.3 is 5.32 Å². The molecule has 2 aromatic heterocycles. The molecule has 2 heterocycles. The molecule has 3 rings (SSSR count). The highest BCUT2D eigenvalue weighted by Gasteiger charge is 2.09. The molecule has 0 atom stereocenters. The summed E-state index contributed by atoms with van der Waals surface area (Å²) < 4.78 is 22.8. The fourth-order valence-electron chi connectivity index (χ4n) is 2.14. The molecule has 0 saturated heterocycles. The number of thiophene rings is 1. The average Bonchev–Trinajstić information content (AvgIpc) is 2.85. The van der Waals surface area contributed by atoms with Crippen molar-refractivity contribution < 1.29 is 8.42 Å². The Morgan fingerprint density at radius 2 is 2.09 bits per heavy atom. The molecule has 0 bridgehead atoms. The van der Waals surface area contributed by atoms with Crippen LogP contribution in [0.4, 0.5) is 5.82 Å². The Hall–Kier alpha value is -2.03. The van der Waals surface area contributed by atoms with E-state index in [0.29, 0.717) is 6.54 Å². The van der Waals surface area contributed by atoms with Crippen LogP contribution in [0.15, 0.2) is 41.6 Å². The predicted molar refractivity (Wildman–Crippen MR) is 87.3 cm³/mol. The van der Waals surface area contributed by atoms with Crippen molar-refractivity contribution in [2.45, 2.75) is 18.4 Å². The molecular weight excluding hydrogens is 320 g/mol. The van der Waals surface area contributed by atoms with E-state index in [-0.39, 0.29) is 4.90 Å². The smallest absolute Gasteiger partial charge is 0.238 e. The van der Waals surface area contributed by atoms with E-state index in [4.69, 9.17) is 5.14 Å². The number of primary sulfonamides is 1. The summed E-state index contributed by atoms with van der Waals surface area (Å²) in [6, 6.07) is 8.56. The maximum absolute atomic E-state index is 11.4. The molecule has 8 heteroatoms. The number of nitrogens with two attached hydrogens (primary N) is 1. The number of aromatic nitrogens is 2. The summed E-state index contributed by atoms with van der Waals surface area (Å²) in [5.41, 5.74) is 0.810. The number of fused-ring (bicyclic) bond motifs is 1. The van der Waals surface area contributed by atoms with Crippen molar-refractivity contribution in [1.82, 2.24) is 9.97 Å². The Bertz CT molecular complexity index is 935. The lowest BCUT2D eigenvalue weighted by Gasteiger charge is -2.07. The molecule has 114 valence electrons. The van der Waals surface area contributed by atoms with Crippen LogP contribution in [0.3, 0.4) is 0 Å². The largest absolute Gasteiger partial charge is 0.365 e. The maximum atomic E-state index is 11.4. The highest BCUT2D eigenvalue weighted by Crippen LogP contribution is 2.27. The van der Waals surface area contributed by atoms with Gasteiger partial charge in [0.15, 0.2) is 0 Å². The number of aryl methyl sites for hydroxylation is 1. The van der Waals surface area contributed by atoms with E-state index >= 15 is 0 Å². The quantitative estimate of drug-likeness (QED) is 0.762. The molecule has 1 aromatic carbocycles. The van der Waals surface area contributed by atoms with E-state index in [9.17, 15) is 8.42 Å². The van der Waals surface area contributed by atoms with Gasteiger partial charge in [0.05, 0.1) is 10.3 Å². The second-order valence-corrected chi connectivity index (χ2v) is 7.64. The van der Waals surface area contributed by atoms with Gasteiger partial charge >= 0.3 is 0 Å². The van der Waals surface area contributed by atoms with Crippen molar-refractivity contribution in [3.63, 3.8) is 0 Å². The van der Waals surface area contributed by atoms with Crippen LogP contribution < -0.4 is 10.5 Å². The first-order valence-electron chi connectivity index (χ1n) is 6.50. The minimum absolute atomic E-state index is 0.103. The molecule has 0 aliphatic heterocycles. The Balaban J connectivity index is 1.85. The number of rotatable bonds is 4. The van der Waals surface area contributed by atoms with Crippen molar-refractivity contribution in [1.29, 1.82) is 0 Å². The summed E-state index contributed by atoms with van der Waals surface area (Å²) in [6.45, 7) is 2.47. The second-order valence-electron chi connectivity index (χ2n) is 4.84. The van der Waals surface area contributed by atoms with Gasteiger partial charge in [0.25, 0.3) is 0 Å². The van der Waals surface area contributed by atoms with Crippen LogP contribution in [0, 0.1) is 6.92 Å². The van der Waals surface area contributed by atoms with E-state index in [1.807, 2.05) is 19.1 Å². The number of benzene rings is 1. The number of anilines is 1. The zero-order chi connectivity index (χ0) is 15.7. The summed E-state index contributed by atoms with van der Waals surface area (Å²) in [5.74, 6) is 0.732. The normalized spacial score (nSPS) is 11.7. The van der Waals surface area contributed by atoms with Crippen LogP contribution >= 0.6 is 11.3 Å². The first-order chi connectivity index (χ1) is 10.4. The molecule has 3 aromatic rings. The molecule has 6 nitrogen and oxygen atoms in total. The van der Waals surface area contributed by atoms with E-state index < -0.39 is 10.0 Å². The van der Waals surface area contributed by atoms with Crippen molar-refractivity contribution >= 4 is 37.4 Å². The van der Waals surface area contributed by atoms with Gasteiger partial charge in [-0.05, 0) is 30.7 Å². The maximum Gasteiger partial charge on any atom is 0.238 e. The molecule has 0 amide bonds. The van der Waals surface area contributed by atoms with Gasteiger partial charge in [-0.3, -0.25) is 0 Å². The Labute approximate surface area is 132 Å². The Morgan fingerprint density at radius 3 is 2.86 bits per heavy atom. The van der Waals surface area contributed by atoms with Crippen molar-refractivity contribution in [2.75, 3.05) is 5.32 Å². The van der Waals surface area contributed by atoms with Crippen LogP contribution in [0.2, 0.25) is 0 Å². The van der Waals surface area contributed by atoms with Crippen LogP contribution in [-0.2, 0) is 16.6 Å².